The number of H-pyrrole nitrogens is 1. The van der Waals surface area contributed by atoms with Crippen molar-refractivity contribution in [1.29, 1.82) is 0 Å². The number of carbonyl (C=O) groups excluding carboxylic acids is 1. The molecule has 0 spiro atoms. The summed E-state index contributed by atoms with van der Waals surface area (Å²) in [5, 5.41) is 12.7. The van der Waals surface area contributed by atoms with Gasteiger partial charge in [-0.1, -0.05) is 12.1 Å². The number of nitrogens with one attached hydrogen (secondary N) is 3. The Balaban J connectivity index is 1.23. The number of aromatic amines is 1. The molecule has 36 heavy (non-hydrogen) atoms. The van der Waals surface area contributed by atoms with Gasteiger partial charge in [0.25, 0.3) is 5.91 Å². The molecule has 0 radical (unpaired) electrons. The van der Waals surface area contributed by atoms with Crippen molar-refractivity contribution in [2.45, 2.75) is 13.5 Å². The van der Waals surface area contributed by atoms with E-state index in [2.05, 4.69) is 64.8 Å². The molecule has 4 aromatic rings. The summed E-state index contributed by atoms with van der Waals surface area (Å²) in [7, 11) is 2.15. The average molecular weight is 484 g/mol. The number of nitrogens with zero attached hydrogens (tertiary/aromatic N) is 6. The van der Waals surface area contributed by atoms with Crippen LogP contribution in [0.1, 0.15) is 21.5 Å². The van der Waals surface area contributed by atoms with E-state index in [4.69, 9.17) is 0 Å². The molecule has 4 heterocycles. The van der Waals surface area contributed by atoms with Gasteiger partial charge < -0.3 is 20.4 Å². The molecule has 0 atom stereocenters. The summed E-state index contributed by atoms with van der Waals surface area (Å²) in [6.07, 6.45) is 6.53. The van der Waals surface area contributed by atoms with Crippen LogP contribution < -0.4 is 15.5 Å². The SMILES string of the molecule is Cc1cc(-c2cc(Nc3ccc(N4CCN(C)CC4)cn3)ncn2)ccc1CNC(=O)c1cn[nH]c1. The molecule has 0 bridgehead atoms. The summed E-state index contributed by atoms with van der Waals surface area (Å²) >= 11 is 0. The largest absolute Gasteiger partial charge is 0.368 e. The number of amides is 1. The van der Waals surface area contributed by atoms with Crippen molar-refractivity contribution in [3.63, 3.8) is 0 Å². The minimum absolute atomic E-state index is 0.163. The predicted molar refractivity (Wildman–Crippen MR) is 139 cm³/mol. The number of carbonyl (C=O) groups is 1. The first-order valence-electron chi connectivity index (χ1n) is 11.9. The average Bonchev–Trinajstić information content (AvgIpc) is 3.44. The number of aromatic nitrogens is 5. The van der Waals surface area contributed by atoms with Gasteiger partial charge in [-0.3, -0.25) is 9.89 Å². The van der Waals surface area contributed by atoms with E-state index in [0.29, 0.717) is 17.9 Å². The third-order valence-corrected chi connectivity index (χ3v) is 6.38. The van der Waals surface area contributed by atoms with E-state index in [1.807, 2.05) is 37.4 Å². The summed E-state index contributed by atoms with van der Waals surface area (Å²) in [4.78, 5) is 30.3. The van der Waals surface area contributed by atoms with Gasteiger partial charge in [0.2, 0.25) is 0 Å². The fourth-order valence-electron chi connectivity index (χ4n) is 4.13. The highest BCUT2D eigenvalue weighted by atomic mass is 16.1. The Labute approximate surface area is 209 Å². The van der Waals surface area contributed by atoms with Crippen LogP contribution in [0, 0.1) is 6.92 Å². The van der Waals surface area contributed by atoms with Crippen LogP contribution >= 0.6 is 0 Å². The van der Waals surface area contributed by atoms with Gasteiger partial charge in [0.15, 0.2) is 0 Å². The predicted octanol–water partition coefficient (Wildman–Crippen LogP) is 3.00. The fraction of sp³-hybridized carbons (Fsp3) is 0.269. The highest BCUT2D eigenvalue weighted by Crippen LogP contribution is 2.24. The summed E-state index contributed by atoms with van der Waals surface area (Å²) in [5.74, 6) is 1.25. The molecule has 1 aromatic carbocycles. The van der Waals surface area contributed by atoms with E-state index in [-0.39, 0.29) is 5.91 Å². The lowest BCUT2D eigenvalue weighted by Gasteiger charge is -2.33. The van der Waals surface area contributed by atoms with Crippen LogP contribution in [0.5, 0.6) is 0 Å². The smallest absolute Gasteiger partial charge is 0.254 e. The Morgan fingerprint density at radius 2 is 1.86 bits per heavy atom. The lowest BCUT2D eigenvalue weighted by atomic mass is 10.0. The van der Waals surface area contributed by atoms with E-state index < -0.39 is 0 Å². The second-order valence-electron chi connectivity index (χ2n) is 8.92. The van der Waals surface area contributed by atoms with E-state index in [9.17, 15) is 4.79 Å². The van der Waals surface area contributed by atoms with Crippen LogP contribution in [0.2, 0.25) is 0 Å². The molecule has 1 amide bonds. The van der Waals surface area contributed by atoms with Gasteiger partial charge in [0.05, 0.1) is 29.3 Å². The van der Waals surface area contributed by atoms with Crippen LogP contribution in [0.15, 0.2) is 61.3 Å². The Bertz CT molecular complexity index is 1310. The Kier molecular flexibility index (Phi) is 6.85. The minimum atomic E-state index is -0.163. The van der Waals surface area contributed by atoms with Crippen molar-refractivity contribution in [1.82, 2.24) is 35.4 Å². The molecule has 3 N–H and O–H groups in total. The molecule has 184 valence electrons. The van der Waals surface area contributed by atoms with Gasteiger partial charge >= 0.3 is 0 Å². The number of hydrogen-bond acceptors (Lipinski definition) is 8. The molecule has 0 aliphatic carbocycles. The Morgan fingerprint density at radius 3 is 2.58 bits per heavy atom. The van der Waals surface area contributed by atoms with Crippen molar-refractivity contribution in [2.24, 2.45) is 0 Å². The molecule has 10 nitrogen and oxygen atoms in total. The summed E-state index contributed by atoms with van der Waals surface area (Å²) in [6.45, 7) is 6.59. The van der Waals surface area contributed by atoms with E-state index >= 15 is 0 Å². The summed E-state index contributed by atoms with van der Waals surface area (Å²) in [6, 6.07) is 12.1. The van der Waals surface area contributed by atoms with Crippen LogP contribution in [0.4, 0.5) is 17.3 Å². The standard InChI is InChI=1S/C26H29N9O/c1-18-11-19(3-4-20(18)13-28-26(36)21-14-31-32-15-21)23-12-25(30-17-29-23)33-24-6-5-22(16-27-24)35-9-7-34(2)8-10-35/h3-6,11-12,14-17H,7-10,13H2,1-2H3,(H,28,36)(H,31,32)(H,27,29,30,33). The maximum absolute atomic E-state index is 12.2. The fourth-order valence-corrected chi connectivity index (χ4v) is 4.13. The molecule has 10 heteroatoms. The lowest BCUT2D eigenvalue weighted by molar-refractivity contribution is 0.0951. The number of pyridine rings is 1. The minimum Gasteiger partial charge on any atom is -0.368 e. The third kappa shape index (κ3) is 5.49. The van der Waals surface area contributed by atoms with Crippen LogP contribution in [-0.2, 0) is 6.54 Å². The van der Waals surface area contributed by atoms with Crippen molar-refractivity contribution >= 4 is 23.2 Å². The number of hydrogen-bond donors (Lipinski definition) is 3. The molecule has 1 aliphatic rings. The van der Waals surface area contributed by atoms with Crippen molar-refractivity contribution < 1.29 is 4.79 Å². The zero-order valence-corrected chi connectivity index (χ0v) is 20.4. The topological polar surface area (TPSA) is 115 Å². The highest BCUT2D eigenvalue weighted by molar-refractivity contribution is 5.93. The monoisotopic (exact) mass is 483 g/mol. The quantitative estimate of drug-likeness (QED) is 0.368. The van der Waals surface area contributed by atoms with Gasteiger partial charge in [-0.15, -0.1) is 0 Å². The van der Waals surface area contributed by atoms with Gasteiger partial charge in [0, 0.05) is 50.6 Å². The number of likely N-dealkylation sites (N-methyl/N-ethyl adjacent to an activating group) is 1. The summed E-state index contributed by atoms with van der Waals surface area (Å²) < 4.78 is 0. The number of rotatable bonds is 7. The number of aryl methyl sites for hydroxylation is 1. The second-order valence-corrected chi connectivity index (χ2v) is 8.92. The Morgan fingerprint density at radius 1 is 1.00 bits per heavy atom. The maximum atomic E-state index is 12.2. The first-order valence-corrected chi connectivity index (χ1v) is 11.9. The van der Waals surface area contributed by atoms with E-state index in [1.165, 1.54) is 6.20 Å². The molecule has 1 aliphatic heterocycles. The normalized spacial score (nSPS) is 14.0. The molecule has 1 fully saturated rings. The van der Waals surface area contributed by atoms with Gasteiger partial charge in [-0.25, -0.2) is 15.0 Å². The van der Waals surface area contributed by atoms with Crippen LogP contribution in [0.25, 0.3) is 11.3 Å². The molecule has 0 unspecified atom stereocenters. The molecule has 1 saturated heterocycles. The zero-order valence-electron chi connectivity index (χ0n) is 20.4. The highest BCUT2D eigenvalue weighted by Gasteiger charge is 2.14. The lowest BCUT2D eigenvalue weighted by Crippen LogP contribution is -2.44. The van der Waals surface area contributed by atoms with Crippen LogP contribution in [-0.4, -0.2) is 69.2 Å². The first-order chi connectivity index (χ1) is 17.5. The second kappa shape index (κ2) is 10.5. The molecule has 0 saturated carbocycles. The van der Waals surface area contributed by atoms with Crippen molar-refractivity contribution in [3.05, 3.63) is 78.0 Å². The van der Waals surface area contributed by atoms with Gasteiger partial charge in [-0.2, -0.15) is 5.10 Å². The van der Waals surface area contributed by atoms with Crippen molar-refractivity contribution in [3.8, 4) is 11.3 Å². The third-order valence-electron chi connectivity index (χ3n) is 6.38. The first kappa shape index (κ1) is 23.4. The van der Waals surface area contributed by atoms with Gasteiger partial charge in [0.1, 0.15) is 18.0 Å². The van der Waals surface area contributed by atoms with E-state index in [1.54, 1.807) is 12.5 Å². The van der Waals surface area contributed by atoms with Crippen molar-refractivity contribution in [2.75, 3.05) is 43.4 Å². The maximum Gasteiger partial charge on any atom is 0.254 e. The van der Waals surface area contributed by atoms with Crippen LogP contribution in [0.3, 0.4) is 0 Å². The summed E-state index contributed by atoms with van der Waals surface area (Å²) in [5.41, 5.74) is 5.52. The van der Waals surface area contributed by atoms with Gasteiger partial charge in [-0.05, 0) is 43.3 Å². The number of anilines is 3. The Hall–Kier alpha value is -4.31. The molecular formula is C26H29N9O. The van der Waals surface area contributed by atoms with E-state index in [0.717, 1.165) is 60.1 Å². The number of piperazine rings is 1. The molecule has 5 rings (SSSR count). The zero-order chi connectivity index (χ0) is 24.9. The molecule has 3 aromatic heterocycles. The number of benzene rings is 1. The molecular weight excluding hydrogens is 454 g/mol.